The Morgan fingerprint density at radius 3 is 2.69 bits per heavy atom. The Kier molecular flexibility index (Phi) is 6.04. The van der Waals surface area contributed by atoms with E-state index < -0.39 is 17.7 Å². The molecule has 0 saturated carbocycles. The number of Topliss-reactive ketones (excluding diaryl/α,β-unsaturated/α-hetero) is 1. The molecule has 3 heterocycles. The molecule has 1 aliphatic heterocycles. The van der Waals surface area contributed by atoms with E-state index in [4.69, 9.17) is 11.6 Å². The fraction of sp³-hybridized carbons (Fsp3) is 0.292. The monoisotopic (exact) mass is 452 g/mol. The summed E-state index contributed by atoms with van der Waals surface area (Å²) in [4.78, 5) is 34.3. The van der Waals surface area contributed by atoms with Crippen LogP contribution in [0.4, 0.5) is 0 Å². The molecule has 1 amide bonds. The smallest absolute Gasteiger partial charge is 0.295 e. The van der Waals surface area contributed by atoms with Crippen LogP contribution in [0.3, 0.4) is 0 Å². The second kappa shape index (κ2) is 8.76. The molecule has 0 unspecified atom stereocenters. The van der Waals surface area contributed by atoms with Crippen molar-refractivity contribution >= 4 is 34.7 Å². The van der Waals surface area contributed by atoms with Crippen LogP contribution >= 0.6 is 11.6 Å². The Morgan fingerprint density at radius 1 is 1.19 bits per heavy atom. The van der Waals surface area contributed by atoms with Crippen LogP contribution in [0, 0.1) is 6.92 Å². The van der Waals surface area contributed by atoms with Gasteiger partial charge in [0, 0.05) is 17.8 Å². The fourth-order valence-corrected chi connectivity index (χ4v) is 4.42. The first kappa shape index (κ1) is 22.0. The summed E-state index contributed by atoms with van der Waals surface area (Å²) in [6.45, 7) is 2.91. The molecule has 1 aliphatic rings. The maximum absolute atomic E-state index is 13.2. The largest absolute Gasteiger partial charge is 0.505 e. The Bertz CT molecular complexity index is 1230. The summed E-state index contributed by atoms with van der Waals surface area (Å²) in [7, 11) is 3.91. The van der Waals surface area contributed by atoms with E-state index in [0.717, 1.165) is 6.54 Å². The van der Waals surface area contributed by atoms with E-state index in [1.807, 2.05) is 43.3 Å². The van der Waals surface area contributed by atoms with Gasteiger partial charge in [-0.3, -0.25) is 14.0 Å². The van der Waals surface area contributed by atoms with Gasteiger partial charge >= 0.3 is 0 Å². The maximum Gasteiger partial charge on any atom is 0.295 e. The van der Waals surface area contributed by atoms with Gasteiger partial charge in [0.1, 0.15) is 11.3 Å². The van der Waals surface area contributed by atoms with Gasteiger partial charge < -0.3 is 14.9 Å². The zero-order valence-corrected chi connectivity index (χ0v) is 19.0. The van der Waals surface area contributed by atoms with Crippen molar-refractivity contribution in [2.75, 3.05) is 27.2 Å². The molecule has 1 saturated heterocycles. The highest BCUT2D eigenvalue weighted by atomic mass is 35.5. The average Bonchev–Trinajstić information content (AvgIpc) is 3.21. The van der Waals surface area contributed by atoms with E-state index in [2.05, 4.69) is 4.98 Å². The van der Waals surface area contributed by atoms with Crippen LogP contribution in [-0.2, 0) is 9.59 Å². The highest BCUT2D eigenvalue weighted by molar-refractivity contribution is 6.46. The first-order chi connectivity index (χ1) is 15.3. The van der Waals surface area contributed by atoms with Crippen molar-refractivity contribution in [1.29, 1.82) is 0 Å². The molecule has 0 spiro atoms. The van der Waals surface area contributed by atoms with Gasteiger partial charge in [-0.2, -0.15) is 0 Å². The van der Waals surface area contributed by atoms with Crippen LogP contribution in [0.25, 0.3) is 11.4 Å². The number of benzene rings is 1. The van der Waals surface area contributed by atoms with Crippen LogP contribution in [0.5, 0.6) is 0 Å². The number of hydrogen-bond acceptors (Lipinski definition) is 5. The molecule has 1 atom stereocenters. The number of pyridine rings is 1. The highest BCUT2D eigenvalue weighted by Crippen LogP contribution is 2.40. The maximum atomic E-state index is 13.2. The summed E-state index contributed by atoms with van der Waals surface area (Å²) in [5.41, 5.74) is 2.34. The third-order valence-corrected chi connectivity index (χ3v) is 5.87. The average molecular weight is 453 g/mol. The molecular formula is C24H25ClN4O3. The number of aliphatic hydroxyl groups excluding tert-OH is 1. The van der Waals surface area contributed by atoms with Gasteiger partial charge in [-0.1, -0.05) is 29.8 Å². The minimum absolute atomic E-state index is 0.0517. The molecule has 1 fully saturated rings. The number of fused-ring (bicyclic) bond motifs is 1. The first-order valence-corrected chi connectivity index (χ1v) is 10.8. The second-order valence-corrected chi connectivity index (χ2v) is 8.62. The van der Waals surface area contributed by atoms with E-state index in [1.54, 1.807) is 35.7 Å². The van der Waals surface area contributed by atoms with Crippen molar-refractivity contribution in [3.8, 4) is 0 Å². The number of rotatable bonds is 6. The molecule has 8 heteroatoms. The molecule has 0 aliphatic carbocycles. The number of carbonyl (C=O) groups is 2. The lowest BCUT2D eigenvalue weighted by Crippen LogP contribution is -2.32. The Labute approximate surface area is 191 Å². The van der Waals surface area contributed by atoms with Gasteiger partial charge in [-0.15, -0.1) is 0 Å². The number of hydrogen-bond donors (Lipinski definition) is 1. The molecule has 4 rings (SSSR count). The lowest BCUT2D eigenvalue weighted by atomic mass is 9.96. The van der Waals surface area contributed by atoms with Crippen molar-refractivity contribution in [3.63, 3.8) is 0 Å². The number of amides is 1. The number of nitrogens with zero attached hydrogens (tertiary/aromatic N) is 4. The third-order valence-electron chi connectivity index (χ3n) is 5.64. The van der Waals surface area contributed by atoms with Crippen molar-refractivity contribution < 1.29 is 14.7 Å². The summed E-state index contributed by atoms with van der Waals surface area (Å²) >= 11 is 6.23. The minimum atomic E-state index is -0.732. The molecule has 1 N–H and O–H groups in total. The molecule has 0 radical (unpaired) electrons. The fourth-order valence-electron chi connectivity index (χ4n) is 4.22. The van der Waals surface area contributed by atoms with Crippen LogP contribution in [0.15, 0.2) is 54.2 Å². The van der Waals surface area contributed by atoms with Crippen LogP contribution in [0.1, 0.15) is 29.4 Å². The zero-order chi connectivity index (χ0) is 23.0. The number of aromatic nitrogens is 2. The SMILES string of the molecule is Cc1nc2ccccn2c1/C(O)=C1\C(=O)C(=O)N(CCCN(C)C)[C@@H]1c1cccc(Cl)c1. The van der Waals surface area contributed by atoms with Gasteiger partial charge in [0.05, 0.1) is 17.3 Å². The predicted octanol–water partition coefficient (Wildman–Crippen LogP) is 3.67. The van der Waals surface area contributed by atoms with E-state index in [9.17, 15) is 14.7 Å². The van der Waals surface area contributed by atoms with Crippen molar-refractivity contribution in [1.82, 2.24) is 19.2 Å². The van der Waals surface area contributed by atoms with Gasteiger partial charge in [0.15, 0.2) is 5.76 Å². The number of imidazole rings is 1. The Morgan fingerprint density at radius 2 is 1.97 bits per heavy atom. The number of carbonyl (C=O) groups excluding carboxylic acids is 2. The van der Waals surface area contributed by atoms with Gasteiger partial charge in [-0.25, -0.2) is 4.98 Å². The summed E-state index contributed by atoms with van der Waals surface area (Å²) < 4.78 is 1.72. The van der Waals surface area contributed by atoms with Crippen LogP contribution in [0.2, 0.25) is 5.02 Å². The van der Waals surface area contributed by atoms with Crippen molar-refractivity contribution in [2.24, 2.45) is 0 Å². The lowest BCUT2D eigenvalue weighted by molar-refractivity contribution is -0.139. The van der Waals surface area contributed by atoms with Crippen LogP contribution < -0.4 is 0 Å². The minimum Gasteiger partial charge on any atom is -0.505 e. The summed E-state index contributed by atoms with van der Waals surface area (Å²) in [5, 5.41) is 11.9. The van der Waals surface area contributed by atoms with Crippen LogP contribution in [-0.4, -0.2) is 63.2 Å². The van der Waals surface area contributed by atoms with Gasteiger partial charge in [0.2, 0.25) is 0 Å². The zero-order valence-electron chi connectivity index (χ0n) is 18.2. The number of halogens is 1. The molecule has 0 bridgehead atoms. The molecule has 2 aromatic heterocycles. The summed E-state index contributed by atoms with van der Waals surface area (Å²) in [6, 6.07) is 11.8. The van der Waals surface area contributed by atoms with E-state index in [1.165, 1.54) is 4.90 Å². The third kappa shape index (κ3) is 3.89. The molecule has 7 nitrogen and oxygen atoms in total. The molecule has 3 aromatic rings. The normalized spacial score (nSPS) is 18.3. The predicted molar refractivity (Wildman–Crippen MR) is 124 cm³/mol. The quantitative estimate of drug-likeness (QED) is 0.351. The number of ketones is 1. The summed E-state index contributed by atoms with van der Waals surface area (Å²) in [6.07, 6.45) is 2.46. The lowest BCUT2D eigenvalue weighted by Gasteiger charge is -2.26. The van der Waals surface area contributed by atoms with Crippen molar-refractivity contribution in [3.05, 3.63) is 76.2 Å². The van der Waals surface area contributed by atoms with E-state index in [-0.39, 0.29) is 11.3 Å². The first-order valence-electron chi connectivity index (χ1n) is 10.4. The molecular weight excluding hydrogens is 428 g/mol. The van der Waals surface area contributed by atoms with E-state index in [0.29, 0.717) is 40.6 Å². The van der Waals surface area contributed by atoms with Crippen molar-refractivity contribution in [2.45, 2.75) is 19.4 Å². The molecule has 166 valence electrons. The van der Waals surface area contributed by atoms with E-state index >= 15 is 0 Å². The van der Waals surface area contributed by atoms with Gasteiger partial charge in [-0.05, 0) is 63.8 Å². The number of likely N-dealkylation sites (tertiary alicyclic amines) is 1. The Hall–Kier alpha value is -3.16. The Balaban J connectivity index is 1.89. The highest BCUT2D eigenvalue weighted by Gasteiger charge is 2.46. The number of aryl methyl sites for hydroxylation is 1. The number of aliphatic hydroxyl groups is 1. The summed E-state index contributed by atoms with van der Waals surface area (Å²) in [5.74, 6) is -1.57. The topological polar surface area (TPSA) is 78.1 Å². The molecule has 32 heavy (non-hydrogen) atoms. The molecule has 1 aromatic carbocycles. The second-order valence-electron chi connectivity index (χ2n) is 8.18. The van der Waals surface area contributed by atoms with Gasteiger partial charge in [0.25, 0.3) is 11.7 Å². The standard InChI is InChI=1S/C24H25ClN4O3/c1-15-20(28-12-5-4-10-18(28)26-15)22(30)19-21(16-8-6-9-17(25)14-16)29(24(32)23(19)31)13-7-11-27(2)3/h4-6,8-10,12,14,21,30H,7,11,13H2,1-3H3/b22-19+/t21-/m1/s1.